The second-order valence-electron chi connectivity index (χ2n) is 4.88. The summed E-state index contributed by atoms with van der Waals surface area (Å²) in [5, 5.41) is 9.37. The maximum absolute atomic E-state index is 13.9. The van der Waals surface area contributed by atoms with Gasteiger partial charge in [0.1, 0.15) is 5.75 Å². The maximum Gasteiger partial charge on any atom is 0.345 e. The third-order valence-electron chi connectivity index (χ3n) is 3.67. The summed E-state index contributed by atoms with van der Waals surface area (Å²) in [5.74, 6) is -4.07. The van der Waals surface area contributed by atoms with Crippen molar-refractivity contribution in [1.29, 1.82) is 0 Å². The molecule has 1 unspecified atom stereocenters. The fourth-order valence-electron chi connectivity index (χ4n) is 2.74. The Morgan fingerprint density at radius 1 is 1.18 bits per heavy atom. The minimum absolute atomic E-state index is 0.235. The van der Waals surface area contributed by atoms with Crippen molar-refractivity contribution in [2.75, 3.05) is 7.11 Å². The smallest absolute Gasteiger partial charge is 0.345 e. The van der Waals surface area contributed by atoms with Crippen molar-refractivity contribution in [3.8, 4) is 11.5 Å². The van der Waals surface area contributed by atoms with Crippen LogP contribution in [-0.4, -0.2) is 24.3 Å². The standard InChI is InChI=1S/C16H12F2O4/c1-21-14-9(6-7-10(17)13(14)18)12-8-4-2-3-5-11(8)22-15(12)16(19)20/h2-7,12,15H,1H3,(H,19,20)/t12-,15?/m0/s1. The Balaban J connectivity index is 2.21. The lowest BCUT2D eigenvalue weighted by Gasteiger charge is -2.19. The molecule has 6 heteroatoms. The molecule has 0 spiro atoms. The average molecular weight is 306 g/mol. The summed E-state index contributed by atoms with van der Waals surface area (Å²) < 4.78 is 37.7. The zero-order chi connectivity index (χ0) is 15.9. The molecule has 0 fully saturated rings. The van der Waals surface area contributed by atoms with Gasteiger partial charge in [0.2, 0.25) is 11.9 Å². The van der Waals surface area contributed by atoms with Gasteiger partial charge in [-0.15, -0.1) is 0 Å². The van der Waals surface area contributed by atoms with Crippen molar-refractivity contribution < 1.29 is 28.2 Å². The Bertz CT molecular complexity index is 745. The topological polar surface area (TPSA) is 55.8 Å². The van der Waals surface area contributed by atoms with Gasteiger partial charge in [-0.2, -0.15) is 4.39 Å². The van der Waals surface area contributed by atoms with Gasteiger partial charge >= 0.3 is 5.97 Å². The molecule has 0 amide bonds. The summed E-state index contributed by atoms with van der Waals surface area (Å²) in [7, 11) is 1.21. The largest absolute Gasteiger partial charge is 0.493 e. The monoisotopic (exact) mass is 306 g/mol. The van der Waals surface area contributed by atoms with Gasteiger partial charge in [0.05, 0.1) is 13.0 Å². The summed E-state index contributed by atoms with van der Waals surface area (Å²) in [4.78, 5) is 11.5. The Morgan fingerprint density at radius 3 is 2.59 bits per heavy atom. The molecule has 114 valence electrons. The summed E-state index contributed by atoms with van der Waals surface area (Å²) in [6.45, 7) is 0. The number of ether oxygens (including phenoxy) is 2. The van der Waals surface area contributed by atoms with Crippen LogP contribution in [0.3, 0.4) is 0 Å². The van der Waals surface area contributed by atoms with E-state index in [4.69, 9.17) is 9.47 Å². The summed E-state index contributed by atoms with van der Waals surface area (Å²) in [5.41, 5.74) is 0.831. The van der Waals surface area contributed by atoms with E-state index in [2.05, 4.69) is 0 Å². The molecule has 0 aromatic heterocycles. The van der Waals surface area contributed by atoms with Gasteiger partial charge in [-0.3, -0.25) is 0 Å². The Morgan fingerprint density at radius 2 is 1.91 bits per heavy atom. The van der Waals surface area contributed by atoms with Gasteiger partial charge in [-0.1, -0.05) is 24.3 Å². The number of hydrogen-bond acceptors (Lipinski definition) is 3. The molecule has 0 radical (unpaired) electrons. The van der Waals surface area contributed by atoms with E-state index in [1.807, 2.05) is 0 Å². The molecule has 1 N–H and O–H groups in total. The molecule has 1 aliphatic rings. The number of aliphatic carboxylic acids is 1. The second-order valence-corrected chi connectivity index (χ2v) is 4.88. The van der Waals surface area contributed by atoms with E-state index in [9.17, 15) is 18.7 Å². The lowest BCUT2D eigenvalue weighted by molar-refractivity contribution is -0.144. The molecular formula is C16H12F2O4. The van der Waals surface area contributed by atoms with Crippen molar-refractivity contribution in [1.82, 2.24) is 0 Å². The van der Waals surface area contributed by atoms with Crippen LogP contribution in [0.2, 0.25) is 0 Å². The number of rotatable bonds is 3. The molecule has 0 bridgehead atoms. The predicted octanol–water partition coefficient (Wildman–Crippen LogP) is 2.95. The van der Waals surface area contributed by atoms with Crippen molar-refractivity contribution >= 4 is 5.97 Å². The highest BCUT2D eigenvalue weighted by molar-refractivity contribution is 5.78. The highest BCUT2D eigenvalue weighted by Gasteiger charge is 2.42. The van der Waals surface area contributed by atoms with E-state index in [1.54, 1.807) is 24.3 Å². The number of hydrogen-bond donors (Lipinski definition) is 1. The summed E-state index contributed by atoms with van der Waals surface area (Å²) in [6, 6.07) is 9.05. The predicted molar refractivity (Wildman–Crippen MR) is 73.2 cm³/mol. The minimum atomic E-state index is -1.23. The molecule has 4 nitrogen and oxygen atoms in total. The van der Waals surface area contributed by atoms with Gasteiger partial charge in [0, 0.05) is 11.1 Å². The van der Waals surface area contributed by atoms with Crippen LogP contribution < -0.4 is 9.47 Å². The van der Waals surface area contributed by atoms with Crippen LogP contribution in [0, 0.1) is 11.6 Å². The zero-order valence-corrected chi connectivity index (χ0v) is 11.5. The number of fused-ring (bicyclic) bond motifs is 1. The van der Waals surface area contributed by atoms with Gasteiger partial charge in [-0.25, -0.2) is 9.18 Å². The molecule has 22 heavy (non-hydrogen) atoms. The molecule has 3 rings (SSSR count). The number of benzene rings is 2. The number of halogens is 2. The molecule has 0 saturated carbocycles. The molecule has 1 aliphatic heterocycles. The van der Waals surface area contributed by atoms with Crippen LogP contribution in [0.15, 0.2) is 36.4 Å². The fraction of sp³-hybridized carbons (Fsp3) is 0.188. The Labute approximate surface area is 124 Å². The van der Waals surface area contributed by atoms with Crippen molar-refractivity contribution in [3.63, 3.8) is 0 Å². The van der Waals surface area contributed by atoms with Gasteiger partial charge < -0.3 is 14.6 Å². The average Bonchev–Trinajstić information content (AvgIpc) is 2.89. The van der Waals surface area contributed by atoms with E-state index in [1.165, 1.54) is 13.2 Å². The first kappa shape index (κ1) is 14.3. The van der Waals surface area contributed by atoms with Gasteiger partial charge in [-0.05, 0) is 12.1 Å². The second kappa shape index (κ2) is 5.29. The van der Waals surface area contributed by atoms with E-state index in [0.717, 1.165) is 6.07 Å². The van der Waals surface area contributed by atoms with E-state index in [-0.39, 0.29) is 11.3 Å². The SMILES string of the molecule is COc1c([C@@H]2c3ccccc3OC2C(=O)O)ccc(F)c1F. The molecule has 0 aliphatic carbocycles. The Hall–Kier alpha value is -2.63. The van der Waals surface area contributed by atoms with Crippen LogP contribution in [0.25, 0.3) is 0 Å². The first-order valence-corrected chi connectivity index (χ1v) is 6.55. The van der Waals surface area contributed by atoms with Gasteiger partial charge in [0.25, 0.3) is 0 Å². The molecule has 1 heterocycles. The van der Waals surface area contributed by atoms with Crippen LogP contribution in [0.4, 0.5) is 8.78 Å². The van der Waals surface area contributed by atoms with E-state index in [0.29, 0.717) is 11.3 Å². The molecule has 2 atom stereocenters. The van der Waals surface area contributed by atoms with Crippen LogP contribution in [0.5, 0.6) is 11.5 Å². The summed E-state index contributed by atoms with van der Waals surface area (Å²) >= 11 is 0. The molecule has 2 aromatic rings. The highest BCUT2D eigenvalue weighted by atomic mass is 19.2. The summed E-state index contributed by atoms with van der Waals surface area (Å²) in [6.07, 6.45) is -1.23. The minimum Gasteiger partial charge on any atom is -0.493 e. The Kier molecular flexibility index (Phi) is 3.44. The number of methoxy groups -OCH3 is 1. The number of carboxylic acids is 1. The molecule has 2 aromatic carbocycles. The van der Waals surface area contributed by atoms with Crippen molar-refractivity contribution in [2.45, 2.75) is 12.0 Å². The first-order valence-electron chi connectivity index (χ1n) is 6.55. The number of para-hydroxylation sites is 1. The van der Waals surface area contributed by atoms with Crippen LogP contribution >= 0.6 is 0 Å². The lowest BCUT2D eigenvalue weighted by atomic mass is 9.87. The van der Waals surface area contributed by atoms with Crippen LogP contribution in [-0.2, 0) is 4.79 Å². The number of carbonyl (C=O) groups is 1. The highest BCUT2D eigenvalue weighted by Crippen LogP contribution is 2.45. The maximum atomic E-state index is 13.9. The zero-order valence-electron chi connectivity index (χ0n) is 11.5. The van der Waals surface area contributed by atoms with Crippen molar-refractivity contribution in [3.05, 3.63) is 59.2 Å². The lowest BCUT2D eigenvalue weighted by Crippen LogP contribution is -2.29. The fourth-order valence-corrected chi connectivity index (χ4v) is 2.74. The normalized spacial score (nSPS) is 19.4. The third-order valence-corrected chi connectivity index (χ3v) is 3.67. The van der Waals surface area contributed by atoms with E-state index < -0.39 is 29.6 Å². The van der Waals surface area contributed by atoms with Gasteiger partial charge in [0.15, 0.2) is 11.6 Å². The molecular weight excluding hydrogens is 294 g/mol. The third kappa shape index (κ3) is 2.07. The quantitative estimate of drug-likeness (QED) is 0.947. The van der Waals surface area contributed by atoms with Crippen LogP contribution in [0.1, 0.15) is 17.0 Å². The first-order chi connectivity index (χ1) is 10.5. The van der Waals surface area contributed by atoms with E-state index >= 15 is 0 Å². The molecule has 0 saturated heterocycles. The number of carboxylic acid groups (broad SMARTS) is 1. The van der Waals surface area contributed by atoms with Crippen molar-refractivity contribution in [2.24, 2.45) is 0 Å².